The van der Waals surface area contributed by atoms with Crippen molar-refractivity contribution in [1.29, 1.82) is 0 Å². The second-order valence-electron chi connectivity index (χ2n) is 7.09. The summed E-state index contributed by atoms with van der Waals surface area (Å²) in [5.74, 6) is 6.54. The van der Waals surface area contributed by atoms with Crippen LogP contribution in [0.5, 0.6) is 0 Å². The van der Waals surface area contributed by atoms with E-state index in [0.717, 1.165) is 0 Å². The molecule has 0 radical (unpaired) electrons. The van der Waals surface area contributed by atoms with Crippen molar-refractivity contribution in [3.05, 3.63) is 42.2 Å². The average Bonchev–Trinajstić information content (AvgIpc) is 2.50. The van der Waals surface area contributed by atoms with Crippen LogP contribution in [-0.2, 0) is 0 Å². The zero-order chi connectivity index (χ0) is 14.9. The zero-order valence-electron chi connectivity index (χ0n) is 13.0. The lowest BCUT2D eigenvalue weighted by Gasteiger charge is -2.38. The van der Waals surface area contributed by atoms with E-state index in [4.69, 9.17) is 5.84 Å². The molecule has 3 heteroatoms. The summed E-state index contributed by atoms with van der Waals surface area (Å²) in [6.45, 7) is 4.75. The monoisotopic (exact) mass is 283 g/mol. The summed E-state index contributed by atoms with van der Waals surface area (Å²) in [5, 5.41) is 2.45. The summed E-state index contributed by atoms with van der Waals surface area (Å²) in [6, 6.07) is 8.75. The van der Waals surface area contributed by atoms with E-state index in [1.165, 1.54) is 42.0 Å². The molecule has 1 atom stereocenters. The summed E-state index contributed by atoms with van der Waals surface area (Å²) in [6.07, 6.45) is 8.83. The molecule has 21 heavy (non-hydrogen) atoms. The van der Waals surface area contributed by atoms with Gasteiger partial charge >= 0.3 is 0 Å². The number of fused-ring (bicyclic) bond motifs is 1. The first kappa shape index (κ1) is 14.5. The first-order valence-corrected chi connectivity index (χ1v) is 7.89. The Morgan fingerprint density at radius 2 is 2.00 bits per heavy atom. The second kappa shape index (κ2) is 5.74. The molecule has 1 unspecified atom stereocenters. The molecule has 1 fully saturated rings. The van der Waals surface area contributed by atoms with Gasteiger partial charge in [0.05, 0.1) is 0 Å². The molecule has 3 nitrogen and oxygen atoms in total. The summed E-state index contributed by atoms with van der Waals surface area (Å²) in [5.41, 5.74) is 4.88. The quantitative estimate of drug-likeness (QED) is 0.662. The third kappa shape index (κ3) is 2.94. The predicted octanol–water partition coefficient (Wildman–Crippen LogP) is 3.96. The molecule has 3 N–H and O–H groups in total. The van der Waals surface area contributed by atoms with Gasteiger partial charge in [0.2, 0.25) is 0 Å². The van der Waals surface area contributed by atoms with Gasteiger partial charge < -0.3 is 0 Å². The van der Waals surface area contributed by atoms with Gasteiger partial charge in [-0.1, -0.05) is 32.0 Å². The van der Waals surface area contributed by atoms with E-state index in [0.29, 0.717) is 11.3 Å². The van der Waals surface area contributed by atoms with Gasteiger partial charge in [-0.3, -0.25) is 16.3 Å². The van der Waals surface area contributed by atoms with Crippen LogP contribution in [0, 0.1) is 11.3 Å². The summed E-state index contributed by atoms with van der Waals surface area (Å²) in [7, 11) is 0. The molecular formula is C18H25N3. The van der Waals surface area contributed by atoms with Crippen molar-refractivity contribution >= 4 is 10.8 Å². The average molecular weight is 283 g/mol. The van der Waals surface area contributed by atoms with Crippen LogP contribution >= 0.6 is 0 Å². The minimum absolute atomic E-state index is 0.229. The number of aromatic nitrogens is 1. The van der Waals surface area contributed by atoms with Gasteiger partial charge in [0.15, 0.2) is 0 Å². The number of rotatable bonds is 3. The molecule has 1 aliphatic carbocycles. The highest BCUT2D eigenvalue weighted by molar-refractivity contribution is 5.85. The Morgan fingerprint density at radius 1 is 1.24 bits per heavy atom. The van der Waals surface area contributed by atoms with E-state index in [9.17, 15) is 0 Å². The largest absolute Gasteiger partial charge is 0.271 e. The number of hydrogen-bond donors (Lipinski definition) is 2. The SMILES string of the molecule is CC1(C)CCC(C(NN)c2cccc3cnccc23)CC1. The minimum atomic E-state index is 0.229. The molecule has 1 saturated carbocycles. The molecule has 0 aliphatic heterocycles. The highest BCUT2D eigenvalue weighted by Crippen LogP contribution is 2.43. The Kier molecular flexibility index (Phi) is 3.96. The van der Waals surface area contributed by atoms with Crippen molar-refractivity contribution < 1.29 is 0 Å². The van der Waals surface area contributed by atoms with E-state index in [2.05, 4.69) is 48.5 Å². The van der Waals surface area contributed by atoms with E-state index in [1.807, 2.05) is 12.4 Å². The lowest BCUT2D eigenvalue weighted by molar-refractivity contribution is 0.162. The third-order valence-corrected chi connectivity index (χ3v) is 5.08. The molecule has 3 rings (SSSR count). The fourth-order valence-corrected chi connectivity index (χ4v) is 3.65. The van der Waals surface area contributed by atoms with Crippen molar-refractivity contribution in [2.45, 2.75) is 45.6 Å². The Morgan fingerprint density at radius 3 is 2.71 bits per heavy atom. The number of nitrogens with zero attached hydrogens (tertiary/aromatic N) is 1. The molecule has 0 saturated heterocycles. The van der Waals surface area contributed by atoms with Crippen LogP contribution in [0.3, 0.4) is 0 Å². The van der Waals surface area contributed by atoms with Gasteiger partial charge in [-0.05, 0) is 54.0 Å². The first-order valence-electron chi connectivity index (χ1n) is 7.89. The number of benzene rings is 1. The number of hydrazine groups is 1. The predicted molar refractivity (Wildman–Crippen MR) is 87.5 cm³/mol. The van der Waals surface area contributed by atoms with Crippen LogP contribution in [0.2, 0.25) is 0 Å². The normalized spacial score (nSPS) is 20.5. The molecule has 1 aromatic heterocycles. The zero-order valence-corrected chi connectivity index (χ0v) is 13.0. The van der Waals surface area contributed by atoms with Crippen molar-refractivity contribution in [2.24, 2.45) is 17.2 Å². The fraction of sp³-hybridized carbons (Fsp3) is 0.500. The Hall–Kier alpha value is -1.45. The Bertz CT molecular complexity index is 605. The lowest BCUT2D eigenvalue weighted by Crippen LogP contribution is -2.36. The summed E-state index contributed by atoms with van der Waals surface area (Å²) >= 11 is 0. The van der Waals surface area contributed by atoms with Crippen LogP contribution in [0.25, 0.3) is 10.8 Å². The van der Waals surface area contributed by atoms with Crippen LogP contribution in [0.4, 0.5) is 0 Å². The maximum absolute atomic E-state index is 5.93. The molecule has 1 aromatic carbocycles. The van der Waals surface area contributed by atoms with E-state index < -0.39 is 0 Å². The molecular weight excluding hydrogens is 258 g/mol. The number of nitrogens with two attached hydrogens (primary N) is 1. The van der Waals surface area contributed by atoms with Crippen molar-refractivity contribution in [3.63, 3.8) is 0 Å². The van der Waals surface area contributed by atoms with Gasteiger partial charge in [0, 0.05) is 23.8 Å². The maximum Gasteiger partial charge on any atom is 0.0494 e. The van der Waals surface area contributed by atoms with Crippen molar-refractivity contribution in [3.8, 4) is 0 Å². The van der Waals surface area contributed by atoms with E-state index >= 15 is 0 Å². The lowest BCUT2D eigenvalue weighted by atomic mass is 9.70. The van der Waals surface area contributed by atoms with Crippen LogP contribution in [-0.4, -0.2) is 4.98 Å². The van der Waals surface area contributed by atoms with Crippen LogP contribution in [0.15, 0.2) is 36.7 Å². The van der Waals surface area contributed by atoms with Crippen LogP contribution in [0.1, 0.15) is 51.1 Å². The van der Waals surface area contributed by atoms with Gasteiger partial charge in [-0.15, -0.1) is 0 Å². The molecule has 1 aliphatic rings. The fourth-order valence-electron chi connectivity index (χ4n) is 3.65. The van der Waals surface area contributed by atoms with Gasteiger partial charge in [-0.2, -0.15) is 0 Å². The topological polar surface area (TPSA) is 50.9 Å². The highest BCUT2D eigenvalue weighted by Gasteiger charge is 2.32. The first-order chi connectivity index (χ1) is 10.1. The minimum Gasteiger partial charge on any atom is -0.271 e. The van der Waals surface area contributed by atoms with Crippen molar-refractivity contribution in [2.75, 3.05) is 0 Å². The Balaban J connectivity index is 1.92. The number of hydrogen-bond acceptors (Lipinski definition) is 3. The van der Waals surface area contributed by atoms with Crippen LogP contribution < -0.4 is 11.3 Å². The van der Waals surface area contributed by atoms with Gasteiger partial charge in [0.25, 0.3) is 0 Å². The molecule has 0 bridgehead atoms. The summed E-state index contributed by atoms with van der Waals surface area (Å²) < 4.78 is 0. The number of nitrogens with one attached hydrogen (secondary N) is 1. The van der Waals surface area contributed by atoms with Crippen molar-refractivity contribution in [1.82, 2.24) is 10.4 Å². The van der Waals surface area contributed by atoms with Gasteiger partial charge in [0.1, 0.15) is 0 Å². The van der Waals surface area contributed by atoms with E-state index in [-0.39, 0.29) is 6.04 Å². The maximum atomic E-state index is 5.93. The molecule has 0 amide bonds. The molecule has 2 aromatic rings. The highest BCUT2D eigenvalue weighted by atomic mass is 15.2. The molecule has 1 heterocycles. The summed E-state index contributed by atoms with van der Waals surface area (Å²) in [4.78, 5) is 4.22. The molecule has 0 spiro atoms. The second-order valence-corrected chi connectivity index (χ2v) is 7.09. The standard InChI is InChI=1S/C18H25N3/c1-18(2)9-6-13(7-10-18)17(21-19)16-5-3-4-14-12-20-11-8-15(14)16/h3-5,8,11-13,17,21H,6-7,9-10,19H2,1-2H3. The Labute approximate surface area is 126 Å². The smallest absolute Gasteiger partial charge is 0.0494 e. The van der Waals surface area contributed by atoms with Gasteiger partial charge in [-0.25, -0.2) is 0 Å². The number of pyridine rings is 1. The third-order valence-electron chi connectivity index (χ3n) is 5.08. The van der Waals surface area contributed by atoms with E-state index in [1.54, 1.807) is 0 Å². The molecule has 112 valence electrons.